The fourth-order valence-electron chi connectivity index (χ4n) is 2.40. The average molecular weight is 579 g/mol. The Hall–Kier alpha value is -1.95. The van der Waals surface area contributed by atoms with Crippen LogP contribution in [0.5, 0.6) is 11.5 Å². The number of nitrogens with one attached hydrogen (secondary N) is 1. The van der Waals surface area contributed by atoms with Crippen LogP contribution in [0.4, 0.5) is 5.69 Å². The number of methoxy groups -OCH3 is 1. The highest BCUT2D eigenvalue weighted by molar-refractivity contribution is 14.1. The number of thioether (sulfide) groups is 1. The molecule has 156 valence electrons. The van der Waals surface area contributed by atoms with Crippen molar-refractivity contribution in [3.63, 3.8) is 0 Å². The first-order valence-electron chi connectivity index (χ1n) is 8.23. The average Bonchev–Trinajstić information content (AvgIpc) is 3.02. The number of hydrogen-bond donors (Lipinski definition) is 2. The molecule has 2 N–H and O–H groups in total. The third kappa shape index (κ3) is 5.60. The van der Waals surface area contributed by atoms with Gasteiger partial charge in [-0.25, -0.2) is 9.79 Å². The van der Waals surface area contributed by atoms with Gasteiger partial charge in [-0.1, -0.05) is 23.2 Å². The highest BCUT2D eigenvalue weighted by Crippen LogP contribution is 2.36. The SMILES string of the molecule is COc1cc(/C=C2/SC(=Nc3ccc(Cl)c(Cl)c3)NC2=O)cc(I)c1OCC(=O)O. The van der Waals surface area contributed by atoms with Gasteiger partial charge in [-0.3, -0.25) is 4.79 Å². The van der Waals surface area contributed by atoms with Crippen LogP contribution in [0.1, 0.15) is 5.56 Å². The summed E-state index contributed by atoms with van der Waals surface area (Å²) in [6.07, 6.45) is 1.68. The van der Waals surface area contributed by atoms with Crippen LogP contribution in [0.15, 0.2) is 40.2 Å². The molecule has 1 fully saturated rings. The topological polar surface area (TPSA) is 97.2 Å². The van der Waals surface area contributed by atoms with Gasteiger partial charge in [-0.2, -0.15) is 0 Å². The highest BCUT2D eigenvalue weighted by atomic mass is 127. The summed E-state index contributed by atoms with van der Waals surface area (Å²) >= 11 is 15.1. The van der Waals surface area contributed by atoms with Crippen LogP contribution in [0.25, 0.3) is 6.08 Å². The van der Waals surface area contributed by atoms with E-state index in [0.717, 1.165) is 0 Å². The van der Waals surface area contributed by atoms with E-state index in [1.807, 2.05) is 22.6 Å². The molecule has 3 rings (SSSR count). The molecule has 2 aromatic carbocycles. The Morgan fingerprint density at radius 1 is 1.30 bits per heavy atom. The van der Waals surface area contributed by atoms with Gasteiger partial charge in [0.2, 0.25) is 0 Å². The number of ether oxygens (including phenoxy) is 2. The molecule has 1 aliphatic heterocycles. The molecule has 0 spiro atoms. The van der Waals surface area contributed by atoms with E-state index in [0.29, 0.717) is 46.4 Å². The third-order valence-electron chi connectivity index (χ3n) is 3.67. The number of aliphatic imine (C=N–C) groups is 1. The number of carbonyl (C=O) groups excluding carboxylic acids is 1. The third-order valence-corrected chi connectivity index (χ3v) is 6.12. The van der Waals surface area contributed by atoms with Crippen molar-refractivity contribution in [2.75, 3.05) is 13.7 Å². The van der Waals surface area contributed by atoms with Crippen molar-refractivity contribution < 1.29 is 24.2 Å². The van der Waals surface area contributed by atoms with Crippen LogP contribution in [0.2, 0.25) is 10.0 Å². The van der Waals surface area contributed by atoms with Crippen molar-refractivity contribution in [3.8, 4) is 11.5 Å². The Balaban J connectivity index is 1.85. The number of benzene rings is 2. The van der Waals surface area contributed by atoms with E-state index >= 15 is 0 Å². The molecule has 0 saturated carbocycles. The minimum atomic E-state index is -1.09. The molecule has 11 heteroatoms. The standard InChI is InChI=1S/C19H13Cl2IN2O5S/c1-28-14-5-9(4-13(22)17(14)29-8-16(25)26)6-15-18(27)24-19(30-15)23-10-2-3-11(20)12(21)7-10/h2-7H,8H2,1H3,(H,25,26)(H,23,24,27)/b15-6+. The maximum Gasteiger partial charge on any atom is 0.341 e. The second-order valence-electron chi connectivity index (χ2n) is 5.80. The molecule has 0 aromatic heterocycles. The van der Waals surface area contributed by atoms with E-state index in [-0.39, 0.29) is 5.91 Å². The molecule has 30 heavy (non-hydrogen) atoms. The lowest BCUT2D eigenvalue weighted by Gasteiger charge is -2.12. The van der Waals surface area contributed by atoms with E-state index in [2.05, 4.69) is 10.3 Å². The minimum Gasteiger partial charge on any atom is -0.493 e. The molecule has 0 radical (unpaired) electrons. The number of amides is 1. The summed E-state index contributed by atoms with van der Waals surface area (Å²) in [7, 11) is 1.45. The summed E-state index contributed by atoms with van der Waals surface area (Å²) < 4.78 is 11.2. The number of nitrogens with zero attached hydrogens (tertiary/aromatic N) is 1. The number of hydrogen-bond acceptors (Lipinski definition) is 6. The Bertz CT molecular complexity index is 1090. The lowest BCUT2D eigenvalue weighted by Crippen LogP contribution is -2.19. The largest absolute Gasteiger partial charge is 0.493 e. The molecule has 1 aliphatic rings. The van der Waals surface area contributed by atoms with E-state index in [9.17, 15) is 9.59 Å². The minimum absolute atomic E-state index is 0.293. The number of halogens is 3. The molecule has 1 heterocycles. The molecule has 2 aromatic rings. The zero-order chi connectivity index (χ0) is 21.8. The van der Waals surface area contributed by atoms with Gasteiger partial charge in [-0.15, -0.1) is 0 Å². The molecule has 1 saturated heterocycles. The van der Waals surface area contributed by atoms with Crippen LogP contribution in [0, 0.1) is 3.57 Å². The number of aliphatic carboxylic acids is 1. The second kappa shape index (κ2) is 9.90. The summed E-state index contributed by atoms with van der Waals surface area (Å²) in [4.78, 5) is 27.9. The molecule has 0 bridgehead atoms. The fraction of sp³-hybridized carbons (Fsp3) is 0.105. The van der Waals surface area contributed by atoms with Crippen molar-refractivity contribution in [1.82, 2.24) is 5.32 Å². The lowest BCUT2D eigenvalue weighted by molar-refractivity contribution is -0.139. The summed E-state index contributed by atoms with van der Waals surface area (Å²) in [5.74, 6) is -0.693. The van der Waals surface area contributed by atoms with Gasteiger partial charge in [0.1, 0.15) is 0 Å². The quantitative estimate of drug-likeness (QED) is 0.371. The Morgan fingerprint density at radius 2 is 2.07 bits per heavy atom. The zero-order valence-corrected chi connectivity index (χ0v) is 19.7. The van der Waals surface area contributed by atoms with Gasteiger partial charge in [0, 0.05) is 0 Å². The smallest absolute Gasteiger partial charge is 0.341 e. The van der Waals surface area contributed by atoms with Crippen LogP contribution in [0.3, 0.4) is 0 Å². The molecule has 0 atom stereocenters. The van der Waals surface area contributed by atoms with Gasteiger partial charge >= 0.3 is 5.97 Å². The monoisotopic (exact) mass is 578 g/mol. The van der Waals surface area contributed by atoms with Gasteiger partial charge in [0.05, 0.1) is 31.3 Å². The summed E-state index contributed by atoms with van der Waals surface area (Å²) in [5.41, 5.74) is 1.25. The first-order chi connectivity index (χ1) is 14.3. The van der Waals surface area contributed by atoms with Crippen molar-refractivity contribution in [1.29, 1.82) is 0 Å². The molecule has 7 nitrogen and oxygen atoms in total. The predicted octanol–water partition coefficient (Wildman–Crippen LogP) is 4.96. The van der Waals surface area contributed by atoms with Crippen molar-refractivity contribution in [2.45, 2.75) is 0 Å². The Labute approximate surface area is 199 Å². The maximum absolute atomic E-state index is 12.3. The molecule has 0 unspecified atom stereocenters. The number of amidine groups is 1. The number of carbonyl (C=O) groups is 2. The molecular weight excluding hydrogens is 566 g/mol. The number of rotatable bonds is 6. The summed E-state index contributed by atoms with van der Waals surface area (Å²) in [6, 6.07) is 8.35. The Morgan fingerprint density at radius 3 is 2.73 bits per heavy atom. The van der Waals surface area contributed by atoms with Gasteiger partial charge in [0.15, 0.2) is 23.3 Å². The number of carboxylic acid groups (broad SMARTS) is 1. The predicted molar refractivity (Wildman–Crippen MR) is 126 cm³/mol. The van der Waals surface area contributed by atoms with Gasteiger partial charge in [0.25, 0.3) is 5.91 Å². The highest BCUT2D eigenvalue weighted by Gasteiger charge is 2.24. The fourth-order valence-corrected chi connectivity index (χ4v) is 4.32. The van der Waals surface area contributed by atoms with Crippen LogP contribution >= 0.6 is 57.6 Å². The molecular formula is C19H13Cl2IN2O5S. The van der Waals surface area contributed by atoms with Gasteiger partial charge < -0.3 is 19.9 Å². The van der Waals surface area contributed by atoms with Crippen molar-refractivity contribution in [3.05, 3.63) is 54.4 Å². The zero-order valence-electron chi connectivity index (χ0n) is 15.2. The molecule has 1 amide bonds. The van der Waals surface area contributed by atoms with Crippen LogP contribution < -0.4 is 14.8 Å². The lowest BCUT2D eigenvalue weighted by atomic mass is 10.2. The number of carboxylic acids is 1. The van der Waals surface area contributed by atoms with E-state index in [1.165, 1.54) is 18.9 Å². The normalized spacial score (nSPS) is 16.1. The van der Waals surface area contributed by atoms with E-state index < -0.39 is 12.6 Å². The first-order valence-corrected chi connectivity index (χ1v) is 10.9. The van der Waals surface area contributed by atoms with Gasteiger partial charge in [-0.05, 0) is 76.3 Å². The maximum atomic E-state index is 12.3. The first kappa shape index (κ1) is 22.7. The van der Waals surface area contributed by atoms with E-state index in [4.69, 9.17) is 37.8 Å². The second-order valence-corrected chi connectivity index (χ2v) is 8.80. The molecule has 0 aliphatic carbocycles. The van der Waals surface area contributed by atoms with Crippen molar-refractivity contribution in [2.24, 2.45) is 4.99 Å². The summed E-state index contributed by atoms with van der Waals surface area (Å²) in [6.45, 7) is -0.487. The van der Waals surface area contributed by atoms with Crippen LogP contribution in [-0.2, 0) is 9.59 Å². The van der Waals surface area contributed by atoms with Crippen molar-refractivity contribution >= 4 is 86.4 Å². The van der Waals surface area contributed by atoms with Crippen LogP contribution in [-0.4, -0.2) is 35.9 Å². The Kier molecular flexibility index (Phi) is 7.50. The summed E-state index contributed by atoms with van der Waals surface area (Å²) in [5, 5.41) is 12.7. The van der Waals surface area contributed by atoms with E-state index in [1.54, 1.807) is 36.4 Å².